The first-order valence-electron chi connectivity index (χ1n) is 6.88. The van der Waals surface area contributed by atoms with E-state index in [9.17, 15) is 9.59 Å². The molecule has 2 aliphatic carbocycles. The van der Waals surface area contributed by atoms with Crippen molar-refractivity contribution in [3.63, 3.8) is 0 Å². The summed E-state index contributed by atoms with van der Waals surface area (Å²) in [6.07, 6.45) is 7.33. The lowest BCUT2D eigenvalue weighted by Gasteiger charge is -2.14. The molecule has 1 saturated heterocycles. The Labute approximate surface area is 107 Å². The number of likely N-dealkylation sites (tertiary alicyclic amines) is 1. The zero-order valence-electron chi connectivity index (χ0n) is 10.5. The van der Waals surface area contributed by atoms with Gasteiger partial charge in [0.15, 0.2) is 0 Å². The molecule has 4 nitrogen and oxygen atoms in total. The van der Waals surface area contributed by atoms with Gasteiger partial charge in [0.2, 0.25) is 5.91 Å². The molecule has 0 aromatic rings. The Balaban J connectivity index is 1.64. The molecule has 3 rings (SSSR count). The Morgan fingerprint density at radius 3 is 2.06 bits per heavy atom. The van der Waals surface area contributed by atoms with Crippen LogP contribution in [-0.2, 0) is 9.59 Å². The zero-order chi connectivity index (χ0) is 12.7. The minimum atomic E-state index is -0.779. The van der Waals surface area contributed by atoms with Crippen molar-refractivity contribution in [1.29, 1.82) is 0 Å². The third kappa shape index (κ3) is 2.42. The molecule has 0 bridgehead atoms. The predicted molar refractivity (Wildman–Crippen MR) is 65.9 cm³/mol. The van der Waals surface area contributed by atoms with Gasteiger partial charge in [-0.1, -0.05) is 5.57 Å². The molecular formula is C14H19NO3. The molecule has 1 unspecified atom stereocenters. The van der Waals surface area contributed by atoms with Crippen molar-refractivity contribution in [3.8, 4) is 0 Å². The molecule has 18 heavy (non-hydrogen) atoms. The number of carbonyl (C=O) groups is 2. The van der Waals surface area contributed by atoms with Gasteiger partial charge in [-0.25, -0.2) is 0 Å². The van der Waals surface area contributed by atoms with E-state index in [-0.39, 0.29) is 11.8 Å². The highest BCUT2D eigenvalue weighted by molar-refractivity contribution is 5.89. The average Bonchev–Trinajstić information content (AvgIpc) is 3.24. The van der Waals surface area contributed by atoms with Crippen LogP contribution in [0.3, 0.4) is 0 Å². The number of rotatable bonds is 4. The van der Waals surface area contributed by atoms with E-state index in [1.54, 1.807) is 4.90 Å². The highest BCUT2D eigenvalue weighted by atomic mass is 16.4. The Morgan fingerprint density at radius 2 is 1.61 bits per heavy atom. The standard InChI is InChI=1S/C14H19NO3/c16-13(15-6-5-11(8-15)14(17)18)7-12(9-1-2-9)10-3-4-10/h7,9-11H,1-6,8H2,(H,17,18). The largest absolute Gasteiger partial charge is 0.481 e. The van der Waals surface area contributed by atoms with Gasteiger partial charge < -0.3 is 10.0 Å². The van der Waals surface area contributed by atoms with E-state index in [4.69, 9.17) is 5.11 Å². The van der Waals surface area contributed by atoms with Crippen LogP contribution in [-0.4, -0.2) is 35.0 Å². The first kappa shape index (κ1) is 11.8. The monoisotopic (exact) mass is 249 g/mol. The number of amides is 1. The minimum Gasteiger partial charge on any atom is -0.481 e. The first-order valence-corrected chi connectivity index (χ1v) is 6.88. The maximum absolute atomic E-state index is 12.1. The third-order valence-corrected chi connectivity index (χ3v) is 4.24. The molecule has 0 aromatic carbocycles. The topological polar surface area (TPSA) is 57.6 Å². The van der Waals surface area contributed by atoms with Crippen molar-refractivity contribution in [2.75, 3.05) is 13.1 Å². The number of carboxylic acid groups (broad SMARTS) is 1. The van der Waals surface area contributed by atoms with Gasteiger partial charge in [0.25, 0.3) is 0 Å². The van der Waals surface area contributed by atoms with Crippen LogP contribution in [0.5, 0.6) is 0 Å². The summed E-state index contributed by atoms with van der Waals surface area (Å²) >= 11 is 0. The number of nitrogens with zero attached hydrogens (tertiary/aromatic N) is 1. The molecule has 1 atom stereocenters. The summed E-state index contributed by atoms with van der Waals surface area (Å²) in [7, 11) is 0. The van der Waals surface area contributed by atoms with Crippen molar-refractivity contribution in [2.45, 2.75) is 32.1 Å². The van der Waals surface area contributed by atoms with E-state index in [0.717, 1.165) is 0 Å². The molecule has 1 heterocycles. The minimum absolute atomic E-state index is 0.0348. The van der Waals surface area contributed by atoms with E-state index < -0.39 is 5.97 Å². The fraction of sp³-hybridized carbons (Fsp3) is 0.714. The van der Waals surface area contributed by atoms with Crippen LogP contribution in [0.1, 0.15) is 32.1 Å². The number of aliphatic carboxylic acids is 1. The summed E-state index contributed by atoms with van der Waals surface area (Å²) in [4.78, 5) is 24.7. The normalized spacial score (nSPS) is 27.1. The first-order chi connectivity index (χ1) is 8.65. The molecule has 2 saturated carbocycles. The average molecular weight is 249 g/mol. The lowest BCUT2D eigenvalue weighted by molar-refractivity contribution is -0.141. The number of carbonyl (C=O) groups excluding carboxylic acids is 1. The van der Waals surface area contributed by atoms with Gasteiger partial charge in [-0.3, -0.25) is 9.59 Å². The van der Waals surface area contributed by atoms with Crippen molar-refractivity contribution < 1.29 is 14.7 Å². The summed E-state index contributed by atoms with van der Waals surface area (Å²) in [6.45, 7) is 0.974. The van der Waals surface area contributed by atoms with Crippen LogP contribution in [0.15, 0.2) is 11.6 Å². The molecule has 0 radical (unpaired) electrons. The van der Waals surface area contributed by atoms with Crippen LogP contribution in [0.25, 0.3) is 0 Å². The van der Waals surface area contributed by atoms with E-state index in [2.05, 4.69) is 0 Å². The number of hydrogen-bond acceptors (Lipinski definition) is 2. The summed E-state index contributed by atoms with van der Waals surface area (Å²) in [6, 6.07) is 0. The highest BCUT2D eigenvalue weighted by Crippen LogP contribution is 2.48. The van der Waals surface area contributed by atoms with Gasteiger partial charge in [-0.05, 0) is 43.9 Å². The Kier molecular flexibility index (Phi) is 2.88. The smallest absolute Gasteiger partial charge is 0.308 e. The number of carboxylic acids is 1. The maximum atomic E-state index is 12.1. The fourth-order valence-corrected chi connectivity index (χ4v) is 2.80. The van der Waals surface area contributed by atoms with Crippen LogP contribution in [0.4, 0.5) is 0 Å². The van der Waals surface area contributed by atoms with Gasteiger partial charge in [0, 0.05) is 19.2 Å². The summed E-state index contributed by atoms with van der Waals surface area (Å²) < 4.78 is 0. The summed E-state index contributed by atoms with van der Waals surface area (Å²) in [5.74, 6) is 0.192. The Morgan fingerprint density at radius 1 is 1.00 bits per heavy atom. The van der Waals surface area contributed by atoms with Crippen LogP contribution in [0.2, 0.25) is 0 Å². The van der Waals surface area contributed by atoms with Gasteiger partial charge in [0.1, 0.15) is 0 Å². The van der Waals surface area contributed by atoms with Crippen molar-refractivity contribution >= 4 is 11.9 Å². The second-order valence-electron chi connectivity index (χ2n) is 5.80. The lowest BCUT2D eigenvalue weighted by Crippen LogP contribution is -2.28. The molecule has 1 aliphatic heterocycles. The van der Waals surface area contributed by atoms with E-state index >= 15 is 0 Å². The number of allylic oxidation sites excluding steroid dienone is 1. The fourth-order valence-electron chi connectivity index (χ4n) is 2.80. The molecule has 4 heteroatoms. The molecule has 0 aromatic heterocycles. The second kappa shape index (κ2) is 4.41. The van der Waals surface area contributed by atoms with E-state index in [1.165, 1.54) is 31.3 Å². The summed E-state index contributed by atoms with van der Waals surface area (Å²) in [5.41, 5.74) is 1.35. The van der Waals surface area contributed by atoms with Crippen molar-refractivity contribution in [2.24, 2.45) is 17.8 Å². The highest BCUT2D eigenvalue weighted by Gasteiger charge is 2.37. The molecule has 0 spiro atoms. The SMILES string of the molecule is O=C(O)C1CCN(C(=O)C=C(C2CC2)C2CC2)C1. The zero-order valence-corrected chi connectivity index (χ0v) is 10.5. The third-order valence-electron chi connectivity index (χ3n) is 4.24. The summed E-state index contributed by atoms with van der Waals surface area (Å²) in [5, 5.41) is 8.94. The van der Waals surface area contributed by atoms with Crippen molar-refractivity contribution in [3.05, 3.63) is 11.6 Å². The van der Waals surface area contributed by atoms with E-state index in [1.807, 2.05) is 6.08 Å². The molecule has 1 N–H and O–H groups in total. The quantitative estimate of drug-likeness (QED) is 0.771. The van der Waals surface area contributed by atoms with Gasteiger partial charge in [-0.15, -0.1) is 0 Å². The van der Waals surface area contributed by atoms with E-state index in [0.29, 0.717) is 31.3 Å². The molecule has 3 fully saturated rings. The maximum Gasteiger partial charge on any atom is 0.308 e. The predicted octanol–water partition coefficient (Wildman–Crippen LogP) is 1.67. The van der Waals surface area contributed by atoms with Crippen molar-refractivity contribution in [1.82, 2.24) is 4.90 Å². The molecule has 1 amide bonds. The second-order valence-corrected chi connectivity index (χ2v) is 5.80. The van der Waals surface area contributed by atoms with Crippen LogP contribution in [0, 0.1) is 17.8 Å². The number of hydrogen-bond donors (Lipinski definition) is 1. The van der Waals surface area contributed by atoms with Gasteiger partial charge in [0.05, 0.1) is 5.92 Å². The molecule has 3 aliphatic rings. The van der Waals surface area contributed by atoms with Crippen LogP contribution >= 0.6 is 0 Å². The Hall–Kier alpha value is -1.32. The van der Waals surface area contributed by atoms with Gasteiger partial charge >= 0.3 is 5.97 Å². The molecule has 98 valence electrons. The Bertz CT molecular complexity index is 393. The lowest BCUT2D eigenvalue weighted by atomic mass is 10.1. The molecular weight excluding hydrogens is 230 g/mol. The van der Waals surface area contributed by atoms with Gasteiger partial charge in [-0.2, -0.15) is 0 Å². The van der Waals surface area contributed by atoms with Crippen LogP contribution < -0.4 is 0 Å².